The van der Waals surface area contributed by atoms with Crippen LogP contribution in [-0.4, -0.2) is 39.8 Å². The van der Waals surface area contributed by atoms with Gasteiger partial charge in [-0.25, -0.2) is 9.07 Å². The van der Waals surface area contributed by atoms with E-state index in [1.807, 2.05) is 35.0 Å². The summed E-state index contributed by atoms with van der Waals surface area (Å²) in [4.78, 5) is 15.3. The van der Waals surface area contributed by atoms with Gasteiger partial charge in [0, 0.05) is 18.8 Å². The molecule has 0 N–H and O–H groups in total. The predicted molar refractivity (Wildman–Crippen MR) is 124 cm³/mol. The smallest absolute Gasteiger partial charge is 0.251 e. The fraction of sp³-hybridized carbons (Fsp3) is 0.240. The van der Waals surface area contributed by atoms with Gasteiger partial charge in [-0.15, -0.1) is 0 Å². The van der Waals surface area contributed by atoms with Crippen LogP contribution in [-0.2, 0) is 0 Å². The number of benzene rings is 2. The number of para-hydroxylation sites is 1. The summed E-state index contributed by atoms with van der Waals surface area (Å²) in [5.41, 5.74) is 2.50. The Kier molecular flexibility index (Phi) is 5.64. The number of ether oxygens (including phenoxy) is 1. The SMILES string of the molecule is COc1cn(C2CCN(c3ccc(F)cc3)CC2)nc(-c2ccnn2-c2ccccc2)c1=O. The van der Waals surface area contributed by atoms with Crippen molar-refractivity contribution in [2.24, 2.45) is 0 Å². The quantitative estimate of drug-likeness (QED) is 0.463. The van der Waals surface area contributed by atoms with E-state index in [9.17, 15) is 9.18 Å². The minimum atomic E-state index is -0.268. The Labute approximate surface area is 190 Å². The third-order valence-electron chi connectivity index (χ3n) is 6.04. The van der Waals surface area contributed by atoms with Gasteiger partial charge in [-0.3, -0.25) is 9.48 Å². The molecule has 0 bridgehead atoms. The van der Waals surface area contributed by atoms with E-state index < -0.39 is 0 Å². The lowest BCUT2D eigenvalue weighted by molar-refractivity contribution is 0.346. The third-order valence-corrected chi connectivity index (χ3v) is 6.04. The van der Waals surface area contributed by atoms with E-state index in [4.69, 9.17) is 9.84 Å². The van der Waals surface area contributed by atoms with Gasteiger partial charge in [0.25, 0.3) is 5.43 Å². The van der Waals surface area contributed by atoms with Gasteiger partial charge in [0.2, 0.25) is 0 Å². The molecule has 0 spiro atoms. The first-order valence-electron chi connectivity index (χ1n) is 10.9. The zero-order chi connectivity index (χ0) is 22.8. The van der Waals surface area contributed by atoms with Gasteiger partial charge < -0.3 is 9.64 Å². The summed E-state index contributed by atoms with van der Waals surface area (Å²) in [6.07, 6.45) is 5.03. The third kappa shape index (κ3) is 4.11. The summed E-state index contributed by atoms with van der Waals surface area (Å²) in [5, 5.41) is 9.14. The highest BCUT2D eigenvalue weighted by Crippen LogP contribution is 2.28. The van der Waals surface area contributed by atoms with Crippen molar-refractivity contribution >= 4 is 5.69 Å². The second-order valence-corrected chi connectivity index (χ2v) is 8.01. The van der Waals surface area contributed by atoms with Crippen LogP contribution >= 0.6 is 0 Å². The first-order valence-corrected chi connectivity index (χ1v) is 10.9. The van der Waals surface area contributed by atoms with Crippen LogP contribution in [0.15, 0.2) is 77.9 Å². The van der Waals surface area contributed by atoms with Crippen LogP contribution in [0.1, 0.15) is 18.9 Å². The number of piperidine rings is 1. The van der Waals surface area contributed by atoms with Crippen molar-refractivity contribution in [2.45, 2.75) is 18.9 Å². The monoisotopic (exact) mass is 445 g/mol. The molecular formula is C25H24FN5O2. The molecule has 5 rings (SSSR count). The molecule has 2 aromatic carbocycles. The van der Waals surface area contributed by atoms with Crippen LogP contribution in [0.3, 0.4) is 0 Å². The van der Waals surface area contributed by atoms with Gasteiger partial charge in [0.05, 0.1) is 36.9 Å². The first-order chi connectivity index (χ1) is 16.1. The average Bonchev–Trinajstić information content (AvgIpc) is 3.35. The lowest BCUT2D eigenvalue weighted by Gasteiger charge is -2.34. The molecule has 1 saturated heterocycles. The van der Waals surface area contributed by atoms with E-state index in [2.05, 4.69) is 10.00 Å². The van der Waals surface area contributed by atoms with E-state index in [0.29, 0.717) is 11.4 Å². The van der Waals surface area contributed by atoms with Crippen molar-refractivity contribution in [1.82, 2.24) is 19.6 Å². The van der Waals surface area contributed by atoms with Crippen molar-refractivity contribution in [2.75, 3.05) is 25.1 Å². The Hall–Kier alpha value is -3.94. The Morgan fingerprint density at radius 2 is 1.70 bits per heavy atom. The van der Waals surface area contributed by atoms with E-state index in [-0.39, 0.29) is 23.0 Å². The second-order valence-electron chi connectivity index (χ2n) is 8.01. The largest absolute Gasteiger partial charge is 0.491 e. The minimum absolute atomic E-state index is 0.114. The molecule has 1 aliphatic rings. The zero-order valence-corrected chi connectivity index (χ0v) is 18.3. The standard InChI is InChI=1S/C25H24FN5O2/c1-33-23-17-30(20-12-15-29(16-13-20)19-9-7-18(26)8-10-19)28-24(25(23)32)22-11-14-27-31(22)21-5-3-2-4-6-21/h2-11,14,17,20H,12-13,15-16H2,1H3. The summed E-state index contributed by atoms with van der Waals surface area (Å²) in [6, 6.07) is 18.1. The van der Waals surface area contributed by atoms with Crippen molar-refractivity contribution in [1.29, 1.82) is 0 Å². The second kappa shape index (κ2) is 8.90. The molecular weight excluding hydrogens is 421 g/mol. The van der Waals surface area contributed by atoms with Crippen LogP contribution in [0.5, 0.6) is 5.75 Å². The molecule has 7 nitrogen and oxygen atoms in total. The zero-order valence-electron chi connectivity index (χ0n) is 18.3. The molecule has 0 unspecified atom stereocenters. The molecule has 0 saturated carbocycles. The number of nitrogens with zero attached hydrogens (tertiary/aromatic N) is 5. The van der Waals surface area contributed by atoms with Gasteiger partial charge in [-0.2, -0.15) is 10.2 Å². The number of hydrogen-bond donors (Lipinski definition) is 0. The van der Waals surface area contributed by atoms with Gasteiger partial charge in [-0.05, 0) is 55.3 Å². The molecule has 33 heavy (non-hydrogen) atoms. The molecule has 1 fully saturated rings. The summed E-state index contributed by atoms with van der Waals surface area (Å²) in [7, 11) is 1.50. The normalized spacial score (nSPS) is 14.4. The molecule has 2 aromatic heterocycles. The average molecular weight is 445 g/mol. The number of hydrogen-bond acceptors (Lipinski definition) is 5. The van der Waals surface area contributed by atoms with Crippen LogP contribution in [0, 0.1) is 5.82 Å². The van der Waals surface area contributed by atoms with E-state index in [0.717, 1.165) is 37.3 Å². The fourth-order valence-electron chi connectivity index (χ4n) is 4.28. The Bertz CT molecular complexity index is 1290. The van der Waals surface area contributed by atoms with Gasteiger partial charge in [-0.1, -0.05) is 18.2 Å². The summed E-state index contributed by atoms with van der Waals surface area (Å²) < 4.78 is 22.2. The number of halogens is 1. The summed E-state index contributed by atoms with van der Waals surface area (Å²) in [6.45, 7) is 1.62. The number of anilines is 1. The van der Waals surface area contributed by atoms with Gasteiger partial charge >= 0.3 is 0 Å². The molecule has 0 amide bonds. The first kappa shape index (κ1) is 20.9. The topological polar surface area (TPSA) is 65.2 Å². The van der Waals surface area contributed by atoms with Crippen molar-refractivity contribution in [3.63, 3.8) is 0 Å². The number of rotatable bonds is 5. The maximum atomic E-state index is 13.3. The molecule has 0 aliphatic carbocycles. The van der Waals surface area contributed by atoms with Crippen LogP contribution in [0.25, 0.3) is 17.1 Å². The highest BCUT2D eigenvalue weighted by Gasteiger charge is 2.24. The molecule has 8 heteroatoms. The highest BCUT2D eigenvalue weighted by molar-refractivity contribution is 5.58. The maximum absolute atomic E-state index is 13.3. The lowest BCUT2D eigenvalue weighted by atomic mass is 10.0. The molecule has 4 aromatic rings. The van der Waals surface area contributed by atoms with Gasteiger partial charge in [0.15, 0.2) is 11.4 Å². The van der Waals surface area contributed by atoms with Crippen molar-refractivity contribution in [3.8, 4) is 22.8 Å². The molecule has 1 aliphatic heterocycles. The Morgan fingerprint density at radius 3 is 2.39 bits per heavy atom. The van der Waals surface area contributed by atoms with Crippen molar-refractivity contribution in [3.05, 3.63) is 89.1 Å². The van der Waals surface area contributed by atoms with Crippen LogP contribution < -0.4 is 15.1 Å². The molecule has 168 valence electrons. The summed E-state index contributed by atoms with van der Waals surface area (Å²) in [5.74, 6) is 0.0160. The van der Waals surface area contributed by atoms with Crippen LogP contribution in [0.4, 0.5) is 10.1 Å². The maximum Gasteiger partial charge on any atom is 0.251 e. The van der Waals surface area contributed by atoms with Gasteiger partial charge in [0.1, 0.15) is 5.82 Å². The Morgan fingerprint density at radius 1 is 0.970 bits per heavy atom. The Balaban J connectivity index is 1.45. The molecule has 3 heterocycles. The number of methoxy groups -OCH3 is 1. The summed E-state index contributed by atoms with van der Waals surface area (Å²) >= 11 is 0. The number of aromatic nitrogens is 4. The minimum Gasteiger partial charge on any atom is -0.491 e. The lowest BCUT2D eigenvalue weighted by Crippen LogP contribution is -2.35. The predicted octanol–water partition coefficient (Wildman–Crippen LogP) is 4.09. The highest BCUT2D eigenvalue weighted by atomic mass is 19.1. The van der Waals surface area contributed by atoms with E-state index >= 15 is 0 Å². The van der Waals surface area contributed by atoms with E-state index in [1.165, 1.54) is 19.2 Å². The molecule has 0 atom stereocenters. The van der Waals surface area contributed by atoms with E-state index in [1.54, 1.807) is 35.3 Å². The molecule has 0 radical (unpaired) electrons. The van der Waals surface area contributed by atoms with Crippen LogP contribution in [0.2, 0.25) is 0 Å². The van der Waals surface area contributed by atoms with Crippen molar-refractivity contribution < 1.29 is 9.13 Å². The fourth-order valence-corrected chi connectivity index (χ4v) is 4.28.